The molecule has 2 atom stereocenters. The van der Waals surface area contributed by atoms with Crippen molar-refractivity contribution in [3.8, 4) is 0 Å². The Balaban J connectivity index is 2.26. The summed E-state index contributed by atoms with van der Waals surface area (Å²) in [6.45, 7) is 5.36. The van der Waals surface area contributed by atoms with Gasteiger partial charge in [0.15, 0.2) is 0 Å². The Bertz CT molecular complexity index is 499. The van der Waals surface area contributed by atoms with Gasteiger partial charge in [0.1, 0.15) is 5.56 Å². The number of rotatable bonds is 1. The summed E-state index contributed by atoms with van der Waals surface area (Å²) in [7, 11) is 1.65. The first kappa shape index (κ1) is 12.8. The fourth-order valence-electron chi connectivity index (χ4n) is 2.42. The summed E-state index contributed by atoms with van der Waals surface area (Å²) >= 11 is 0. The molecule has 1 saturated heterocycles. The molecule has 1 fully saturated rings. The number of carbonyl (C=O) groups is 1. The van der Waals surface area contributed by atoms with Crippen LogP contribution in [0.25, 0.3) is 0 Å². The SMILES string of the molecule is CC1CN(C(=O)c2cccn(C)c2=O)CC(C)N1. The molecule has 2 rings (SSSR count). The molecule has 1 amide bonds. The summed E-state index contributed by atoms with van der Waals surface area (Å²) in [6.07, 6.45) is 1.65. The number of nitrogens with one attached hydrogen (secondary N) is 1. The van der Waals surface area contributed by atoms with Gasteiger partial charge in [-0.2, -0.15) is 0 Å². The van der Waals surface area contributed by atoms with Crippen LogP contribution < -0.4 is 10.9 Å². The smallest absolute Gasteiger partial charge is 0.263 e. The second kappa shape index (κ2) is 4.94. The summed E-state index contributed by atoms with van der Waals surface area (Å²) in [4.78, 5) is 26.0. The number of aromatic nitrogens is 1. The second-order valence-corrected chi connectivity index (χ2v) is 5.02. The van der Waals surface area contributed by atoms with E-state index in [1.807, 2.05) is 13.8 Å². The summed E-state index contributed by atoms with van der Waals surface area (Å²) in [5.74, 6) is -0.170. The summed E-state index contributed by atoms with van der Waals surface area (Å²) in [6, 6.07) is 3.83. The van der Waals surface area contributed by atoms with Gasteiger partial charge in [0.25, 0.3) is 11.5 Å². The van der Waals surface area contributed by atoms with Gasteiger partial charge in [0.05, 0.1) is 0 Å². The van der Waals surface area contributed by atoms with Gasteiger partial charge in [-0.3, -0.25) is 9.59 Å². The van der Waals surface area contributed by atoms with E-state index in [1.54, 1.807) is 30.3 Å². The molecule has 0 spiro atoms. The Morgan fingerprint density at radius 3 is 2.56 bits per heavy atom. The average molecular weight is 249 g/mol. The lowest BCUT2D eigenvalue weighted by Crippen LogP contribution is -2.56. The predicted octanol–water partition coefficient (Wildman–Crippen LogP) is 0.208. The number of amides is 1. The van der Waals surface area contributed by atoms with E-state index >= 15 is 0 Å². The van der Waals surface area contributed by atoms with Gasteiger partial charge in [-0.05, 0) is 26.0 Å². The van der Waals surface area contributed by atoms with E-state index in [-0.39, 0.29) is 29.1 Å². The number of nitrogens with zero attached hydrogens (tertiary/aromatic N) is 2. The van der Waals surface area contributed by atoms with Gasteiger partial charge in [0, 0.05) is 38.4 Å². The quantitative estimate of drug-likeness (QED) is 0.774. The van der Waals surface area contributed by atoms with Crippen molar-refractivity contribution in [3.05, 3.63) is 34.2 Å². The molecular weight excluding hydrogens is 230 g/mol. The first-order valence-corrected chi connectivity index (χ1v) is 6.20. The summed E-state index contributed by atoms with van der Waals surface area (Å²) in [5, 5.41) is 3.36. The molecule has 1 aliphatic heterocycles. The van der Waals surface area contributed by atoms with E-state index in [1.165, 1.54) is 4.57 Å². The fourth-order valence-corrected chi connectivity index (χ4v) is 2.42. The van der Waals surface area contributed by atoms with Crippen LogP contribution >= 0.6 is 0 Å². The minimum Gasteiger partial charge on any atom is -0.335 e. The fraction of sp³-hybridized carbons (Fsp3) is 0.538. The maximum absolute atomic E-state index is 12.3. The molecule has 2 heterocycles. The zero-order valence-electron chi connectivity index (χ0n) is 11.0. The topological polar surface area (TPSA) is 54.3 Å². The van der Waals surface area contributed by atoms with Crippen LogP contribution in [0.15, 0.2) is 23.1 Å². The van der Waals surface area contributed by atoms with Gasteiger partial charge in [-0.25, -0.2) is 0 Å². The lowest BCUT2D eigenvalue weighted by atomic mass is 10.1. The van der Waals surface area contributed by atoms with Gasteiger partial charge >= 0.3 is 0 Å². The van der Waals surface area contributed by atoms with Crippen LogP contribution in [-0.4, -0.2) is 40.5 Å². The highest BCUT2D eigenvalue weighted by Gasteiger charge is 2.26. The number of piperazine rings is 1. The Morgan fingerprint density at radius 2 is 1.94 bits per heavy atom. The van der Waals surface area contributed by atoms with Crippen molar-refractivity contribution >= 4 is 5.91 Å². The van der Waals surface area contributed by atoms with Gasteiger partial charge < -0.3 is 14.8 Å². The van der Waals surface area contributed by atoms with Crippen molar-refractivity contribution in [2.24, 2.45) is 7.05 Å². The van der Waals surface area contributed by atoms with Crippen LogP contribution in [0.5, 0.6) is 0 Å². The van der Waals surface area contributed by atoms with Crippen LogP contribution in [0, 0.1) is 0 Å². The van der Waals surface area contributed by atoms with E-state index < -0.39 is 0 Å². The van der Waals surface area contributed by atoms with Crippen molar-refractivity contribution in [1.29, 1.82) is 0 Å². The lowest BCUT2D eigenvalue weighted by Gasteiger charge is -2.36. The third-order valence-electron chi connectivity index (χ3n) is 3.20. The summed E-state index contributed by atoms with van der Waals surface area (Å²) in [5.41, 5.74) is 0.0163. The normalized spacial score (nSPS) is 24.1. The minimum atomic E-state index is -0.235. The molecule has 0 radical (unpaired) electrons. The van der Waals surface area contributed by atoms with Crippen LogP contribution in [0.3, 0.4) is 0 Å². The molecule has 1 N–H and O–H groups in total. The molecule has 18 heavy (non-hydrogen) atoms. The zero-order valence-corrected chi connectivity index (χ0v) is 11.0. The van der Waals surface area contributed by atoms with Crippen molar-refractivity contribution in [3.63, 3.8) is 0 Å². The third kappa shape index (κ3) is 2.46. The van der Waals surface area contributed by atoms with Crippen LogP contribution in [0.4, 0.5) is 0 Å². The van der Waals surface area contributed by atoms with E-state index in [0.29, 0.717) is 13.1 Å². The Hall–Kier alpha value is -1.62. The molecule has 1 aromatic heterocycles. The zero-order chi connectivity index (χ0) is 13.3. The first-order valence-electron chi connectivity index (χ1n) is 6.20. The molecule has 0 aliphatic carbocycles. The second-order valence-electron chi connectivity index (χ2n) is 5.02. The minimum absolute atomic E-state index is 0.170. The molecule has 98 valence electrons. The molecule has 1 aliphatic rings. The van der Waals surface area contributed by atoms with Gasteiger partial charge in [-0.15, -0.1) is 0 Å². The number of pyridine rings is 1. The molecular formula is C13H19N3O2. The van der Waals surface area contributed by atoms with E-state index in [4.69, 9.17) is 0 Å². The van der Waals surface area contributed by atoms with Crippen LogP contribution in [0.1, 0.15) is 24.2 Å². The average Bonchev–Trinajstić information content (AvgIpc) is 2.30. The number of aryl methyl sites for hydroxylation is 1. The predicted molar refractivity (Wildman–Crippen MR) is 69.6 cm³/mol. The number of hydrogen-bond acceptors (Lipinski definition) is 3. The largest absolute Gasteiger partial charge is 0.335 e. The maximum atomic E-state index is 12.3. The number of carbonyl (C=O) groups excluding carboxylic acids is 1. The molecule has 5 nitrogen and oxygen atoms in total. The van der Waals surface area contributed by atoms with Crippen molar-refractivity contribution in [2.45, 2.75) is 25.9 Å². The lowest BCUT2D eigenvalue weighted by molar-refractivity contribution is 0.0671. The van der Waals surface area contributed by atoms with Crippen molar-refractivity contribution in [1.82, 2.24) is 14.8 Å². The third-order valence-corrected chi connectivity index (χ3v) is 3.20. The van der Waals surface area contributed by atoms with Crippen LogP contribution in [-0.2, 0) is 7.05 Å². The standard InChI is InChI=1S/C13H19N3O2/c1-9-7-16(8-10(2)14-9)13(18)11-5-4-6-15(3)12(11)17/h4-6,9-10,14H,7-8H2,1-3H3. The molecule has 0 saturated carbocycles. The summed E-state index contributed by atoms with van der Waals surface area (Å²) < 4.78 is 1.43. The highest BCUT2D eigenvalue weighted by molar-refractivity contribution is 5.94. The van der Waals surface area contributed by atoms with E-state index in [2.05, 4.69) is 5.32 Å². The molecule has 2 unspecified atom stereocenters. The number of hydrogen-bond donors (Lipinski definition) is 1. The monoisotopic (exact) mass is 249 g/mol. The highest BCUT2D eigenvalue weighted by atomic mass is 16.2. The maximum Gasteiger partial charge on any atom is 0.263 e. The van der Waals surface area contributed by atoms with E-state index in [9.17, 15) is 9.59 Å². The van der Waals surface area contributed by atoms with Crippen molar-refractivity contribution < 1.29 is 4.79 Å². The molecule has 1 aromatic rings. The van der Waals surface area contributed by atoms with Gasteiger partial charge in [0.2, 0.25) is 0 Å². The first-order chi connectivity index (χ1) is 8.49. The highest BCUT2D eigenvalue weighted by Crippen LogP contribution is 2.07. The van der Waals surface area contributed by atoms with Crippen molar-refractivity contribution in [2.75, 3.05) is 13.1 Å². The molecule has 0 aromatic carbocycles. The van der Waals surface area contributed by atoms with E-state index in [0.717, 1.165) is 0 Å². The molecule has 0 bridgehead atoms. The van der Waals surface area contributed by atoms with Crippen LogP contribution in [0.2, 0.25) is 0 Å². The Labute approximate surface area is 106 Å². The Kier molecular flexibility index (Phi) is 3.52. The Morgan fingerprint density at radius 1 is 1.33 bits per heavy atom. The molecule has 5 heteroatoms. The van der Waals surface area contributed by atoms with Gasteiger partial charge in [-0.1, -0.05) is 0 Å².